The fourth-order valence-corrected chi connectivity index (χ4v) is 1.66. The van der Waals surface area contributed by atoms with E-state index in [9.17, 15) is 4.79 Å². The molecule has 1 aromatic rings. The van der Waals surface area contributed by atoms with Gasteiger partial charge in [0.1, 0.15) is 0 Å². The third-order valence-corrected chi connectivity index (χ3v) is 2.55. The van der Waals surface area contributed by atoms with Crippen molar-refractivity contribution in [3.05, 3.63) is 29.3 Å². The van der Waals surface area contributed by atoms with Crippen molar-refractivity contribution in [2.45, 2.75) is 26.8 Å². The van der Waals surface area contributed by atoms with Crippen molar-refractivity contribution in [2.24, 2.45) is 0 Å². The Morgan fingerprint density at radius 1 is 1.44 bits per heavy atom. The highest BCUT2D eigenvalue weighted by atomic mass is 16.5. The molecule has 0 radical (unpaired) electrons. The monoisotopic (exact) mass is 251 g/mol. The summed E-state index contributed by atoms with van der Waals surface area (Å²) in [7, 11) is 1.39. The Morgan fingerprint density at radius 2 is 2.17 bits per heavy atom. The van der Waals surface area contributed by atoms with Crippen molar-refractivity contribution in [3.63, 3.8) is 0 Å². The van der Waals surface area contributed by atoms with E-state index in [0.717, 1.165) is 11.3 Å². The third kappa shape index (κ3) is 4.04. The standard InChI is InChI=1S/C14H21NO3/c1-5-18-9-11(3)15-13-7-6-10(2)8-12(13)14(16)17-4/h6-8,11,15H,5,9H2,1-4H3. The quantitative estimate of drug-likeness (QED) is 0.789. The summed E-state index contributed by atoms with van der Waals surface area (Å²) in [5.74, 6) is -0.329. The average molecular weight is 251 g/mol. The van der Waals surface area contributed by atoms with Crippen molar-refractivity contribution >= 4 is 11.7 Å². The number of nitrogens with one attached hydrogen (secondary N) is 1. The maximum atomic E-state index is 11.7. The molecule has 100 valence electrons. The van der Waals surface area contributed by atoms with Crippen molar-refractivity contribution in [3.8, 4) is 0 Å². The predicted octanol–water partition coefficient (Wildman–Crippen LogP) is 2.62. The van der Waals surface area contributed by atoms with E-state index in [0.29, 0.717) is 18.8 Å². The van der Waals surface area contributed by atoms with E-state index in [1.807, 2.05) is 39.0 Å². The summed E-state index contributed by atoms with van der Waals surface area (Å²) >= 11 is 0. The van der Waals surface area contributed by atoms with Gasteiger partial charge in [-0.1, -0.05) is 11.6 Å². The first-order valence-corrected chi connectivity index (χ1v) is 6.11. The second-order valence-electron chi connectivity index (χ2n) is 4.25. The number of benzene rings is 1. The Labute approximate surface area is 108 Å². The molecule has 0 aliphatic heterocycles. The minimum atomic E-state index is -0.329. The van der Waals surface area contributed by atoms with Gasteiger partial charge in [-0.05, 0) is 32.9 Å². The van der Waals surface area contributed by atoms with E-state index in [2.05, 4.69) is 5.32 Å². The zero-order valence-electron chi connectivity index (χ0n) is 11.4. The van der Waals surface area contributed by atoms with Crippen LogP contribution in [0.5, 0.6) is 0 Å². The minimum absolute atomic E-state index is 0.135. The Hall–Kier alpha value is -1.55. The SMILES string of the molecule is CCOCC(C)Nc1ccc(C)cc1C(=O)OC. The van der Waals surface area contributed by atoms with Crippen LogP contribution in [0.1, 0.15) is 29.8 Å². The molecule has 1 atom stereocenters. The molecular weight excluding hydrogens is 230 g/mol. The molecule has 0 amide bonds. The lowest BCUT2D eigenvalue weighted by atomic mass is 10.1. The number of esters is 1. The van der Waals surface area contributed by atoms with Crippen LogP contribution >= 0.6 is 0 Å². The van der Waals surface area contributed by atoms with Gasteiger partial charge in [0.2, 0.25) is 0 Å². The van der Waals surface area contributed by atoms with Crippen LogP contribution in [0, 0.1) is 6.92 Å². The van der Waals surface area contributed by atoms with Gasteiger partial charge in [0.05, 0.1) is 19.3 Å². The Bertz CT molecular complexity index is 404. The molecule has 1 unspecified atom stereocenters. The fraction of sp³-hybridized carbons (Fsp3) is 0.500. The molecule has 0 bridgehead atoms. The van der Waals surface area contributed by atoms with Crippen LogP contribution in [-0.4, -0.2) is 32.3 Å². The number of hydrogen-bond acceptors (Lipinski definition) is 4. The number of hydrogen-bond donors (Lipinski definition) is 1. The highest BCUT2D eigenvalue weighted by molar-refractivity contribution is 5.95. The molecule has 1 rings (SSSR count). The summed E-state index contributed by atoms with van der Waals surface area (Å²) in [6, 6.07) is 5.81. The van der Waals surface area contributed by atoms with E-state index in [4.69, 9.17) is 9.47 Å². The summed E-state index contributed by atoms with van der Waals surface area (Å²) in [6.45, 7) is 7.20. The van der Waals surface area contributed by atoms with E-state index in [-0.39, 0.29) is 12.0 Å². The third-order valence-electron chi connectivity index (χ3n) is 2.55. The lowest BCUT2D eigenvalue weighted by Gasteiger charge is -2.17. The fourth-order valence-electron chi connectivity index (χ4n) is 1.66. The van der Waals surface area contributed by atoms with Crippen LogP contribution in [-0.2, 0) is 9.47 Å². The molecule has 0 saturated carbocycles. The topological polar surface area (TPSA) is 47.6 Å². The molecule has 4 heteroatoms. The lowest BCUT2D eigenvalue weighted by Crippen LogP contribution is -2.23. The maximum Gasteiger partial charge on any atom is 0.339 e. The van der Waals surface area contributed by atoms with Crippen molar-refractivity contribution < 1.29 is 14.3 Å². The summed E-state index contributed by atoms with van der Waals surface area (Å²) in [4.78, 5) is 11.7. The van der Waals surface area contributed by atoms with Gasteiger partial charge in [0.15, 0.2) is 0 Å². The molecule has 4 nitrogen and oxygen atoms in total. The number of anilines is 1. The van der Waals surface area contributed by atoms with E-state index in [1.54, 1.807) is 0 Å². The number of carbonyl (C=O) groups excluding carboxylic acids is 1. The molecule has 0 spiro atoms. The molecule has 0 aliphatic rings. The van der Waals surface area contributed by atoms with Gasteiger partial charge in [-0.15, -0.1) is 0 Å². The highest BCUT2D eigenvalue weighted by Gasteiger charge is 2.13. The molecular formula is C14H21NO3. The van der Waals surface area contributed by atoms with E-state index < -0.39 is 0 Å². The first-order valence-electron chi connectivity index (χ1n) is 6.11. The van der Waals surface area contributed by atoms with Crippen LogP contribution in [0.3, 0.4) is 0 Å². The molecule has 0 saturated heterocycles. The zero-order chi connectivity index (χ0) is 13.5. The van der Waals surface area contributed by atoms with Crippen LogP contribution in [0.4, 0.5) is 5.69 Å². The summed E-state index contributed by atoms with van der Waals surface area (Å²) in [5, 5.41) is 3.26. The number of rotatable bonds is 6. The smallest absolute Gasteiger partial charge is 0.339 e. The Morgan fingerprint density at radius 3 is 2.78 bits per heavy atom. The normalized spacial score (nSPS) is 12.0. The largest absolute Gasteiger partial charge is 0.465 e. The number of ether oxygens (including phenoxy) is 2. The van der Waals surface area contributed by atoms with Gasteiger partial charge in [-0.25, -0.2) is 4.79 Å². The summed E-state index contributed by atoms with van der Waals surface area (Å²) < 4.78 is 10.1. The van der Waals surface area contributed by atoms with Gasteiger partial charge in [-0.2, -0.15) is 0 Å². The van der Waals surface area contributed by atoms with Gasteiger partial charge in [-0.3, -0.25) is 0 Å². The van der Waals surface area contributed by atoms with Crippen LogP contribution in [0.2, 0.25) is 0 Å². The van der Waals surface area contributed by atoms with Crippen molar-refractivity contribution in [2.75, 3.05) is 25.6 Å². The highest BCUT2D eigenvalue weighted by Crippen LogP contribution is 2.19. The van der Waals surface area contributed by atoms with Crippen molar-refractivity contribution in [1.29, 1.82) is 0 Å². The van der Waals surface area contributed by atoms with Gasteiger partial charge >= 0.3 is 5.97 Å². The van der Waals surface area contributed by atoms with Gasteiger partial charge in [0, 0.05) is 18.3 Å². The molecule has 1 N–H and O–H groups in total. The summed E-state index contributed by atoms with van der Waals surface area (Å²) in [5.41, 5.74) is 2.36. The first-order chi connectivity index (χ1) is 8.58. The molecule has 0 fully saturated rings. The first kappa shape index (κ1) is 14.5. The molecule has 1 aromatic carbocycles. The zero-order valence-corrected chi connectivity index (χ0v) is 11.4. The Kier molecular flexibility index (Phi) is 5.65. The van der Waals surface area contributed by atoms with Gasteiger partial charge in [0.25, 0.3) is 0 Å². The van der Waals surface area contributed by atoms with Crippen LogP contribution in [0.25, 0.3) is 0 Å². The Balaban J connectivity index is 2.84. The molecule has 18 heavy (non-hydrogen) atoms. The second kappa shape index (κ2) is 7.01. The summed E-state index contributed by atoms with van der Waals surface area (Å²) in [6.07, 6.45) is 0. The van der Waals surface area contributed by atoms with Crippen LogP contribution < -0.4 is 5.32 Å². The number of aryl methyl sites for hydroxylation is 1. The number of methoxy groups -OCH3 is 1. The van der Waals surface area contributed by atoms with Crippen LogP contribution in [0.15, 0.2) is 18.2 Å². The molecule has 0 heterocycles. The number of carbonyl (C=O) groups is 1. The predicted molar refractivity (Wildman–Crippen MR) is 72.1 cm³/mol. The second-order valence-corrected chi connectivity index (χ2v) is 4.25. The maximum absolute atomic E-state index is 11.7. The minimum Gasteiger partial charge on any atom is -0.465 e. The van der Waals surface area contributed by atoms with E-state index in [1.165, 1.54) is 7.11 Å². The van der Waals surface area contributed by atoms with E-state index >= 15 is 0 Å². The average Bonchev–Trinajstić information content (AvgIpc) is 2.37. The lowest BCUT2D eigenvalue weighted by molar-refractivity contribution is 0.0601. The molecule has 0 aromatic heterocycles. The van der Waals surface area contributed by atoms with Gasteiger partial charge < -0.3 is 14.8 Å². The molecule has 0 aliphatic carbocycles. The van der Waals surface area contributed by atoms with Crippen molar-refractivity contribution in [1.82, 2.24) is 0 Å².